The lowest BCUT2D eigenvalue weighted by Crippen LogP contribution is -2.14. The third-order valence-electron chi connectivity index (χ3n) is 3.01. The second-order valence-corrected chi connectivity index (χ2v) is 4.89. The SMILES string of the molecule is Cc1ccc(-n2nc(C)c(C(=O)O[C@H](C)C#N)n2)c(C)c1. The Morgan fingerprint density at radius 3 is 2.67 bits per heavy atom. The van der Waals surface area contributed by atoms with Gasteiger partial charge in [0.1, 0.15) is 6.07 Å². The van der Waals surface area contributed by atoms with E-state index in [1.54, 1.807) is 6.92 Å². The summed E-state index contributed by atoms with van der Waals surface area (Å²) in [5.74, 6) is -0.641. The molecule has 0 spiro atoms. The monoisotopic (exact) mass is 284 g/mol. The highest BCUT2D eigenvalue weighted by molar-refractivity contribution is 5.88. The van der Waals surface area contributed by atoms with Gasteiger partial charge in [-0.3, -0.25) is 0 Å². The maximum atomic E-state index is 11.9. The summed E-state index contributed by atoms with van der Waals surface area (Å²) in [5.41, 5.74) is 3.54. The van der Waals surface area contributed by atoms with E-state index >= 15 is 0 Å². The zero-order chi connectivity index (χ0) is 15.6. The van der Waals surface area contributed by atoms with Gasteiger partial charge in [0, 0.05) is 0 Å². The number of aromatic nitrogens is 3. The molecule has 0 aliphatic carbocycles. The molecule has 0 amide bonds. The minimum Gasteiger partial charge on any atom is -0.442 e. The molecule has 0 fully saturated rings. The zero-order valence-electron chi connectivity index (χ0n) is 12.4. The summed E-state index contributed by atoms with van der Waals surface area (Å²) in [6.45, 7) is 7.14. The Hall–Kier alpha value is -2.68. The van der Waals surface area contributed by atoms with Gasteiger partial charge in [0.15, 0.2) is 11.8 Å². The molecule has 2 aromatic rings. The van der Waals surface area contributed by atoms with Gasteiger partial charge in [-0.25, -0.2) is 4.79 Å². The third kappa shape index (κ3) is 3.08. The van der Waals surface area contributed by atoms with Crippen molar-refractivity contribution in [3.63, 3.8) is 0 Å². The number of carbonyl (C=O) groups excluding carboxylic acids is 1. The van der Waals surface area contributed by atoms with Crippen molar-refractivity contribution in [1.82, 2.24) is 15.0 Å². The average molecular weight is 284 g/mol. The van der Waals surface area contributed by atoms with Gasteiger partial charge in [0.05, 0.1) is 11.4 Å². The maximum absolute atomic E-state index is 11.9. The van der Waals surface area contributed by atoms with Crippen LogP contribution in [0.1, 0.15) is 34.2 Å². The first kappa shape index (κ1) is 14.7. The van der Waals surface area contributed by atoms with E-state index in [1.807, 2.05) is 38.1 Å². The van der Waals surface area contributed by atoms with Gasteiger partial charge in [-0.05, 0) is 39.3 Å². The molecule has 6 heteroatoms. The third-order valence-corrected chi connectivity index (χ3v) is 3.01. The van der Waals surface area contributed by atoms with Crippen molar-refractivity contribution in [3.05, 3.63) is 40.7 Å². The molecule has 0 aliphatic rings. The largest absolute Gasteiger partial charge is 0.442 e. The molecule has 1 aromatic carbocycles. The van der Waals surface area contributed by atoms with Crippen LogP contribution in [-0.4, -0.2) is 27.1 Å². The van der Waals surface area contributed by atoms with E-state index in [2.05, 4.69) is 10.2 Å². The van der Waals surface area contributed by atoms with Crippen LogP contribution in [0, 0.1) is 32.1 Å². The molecule has 0 saturated carbocycles. The summed E-state index contributed by atoms with van der Waals surface area (Å²) in [7, 11) is 0. The van der Waals surface area contributed by atoms with Crippen molar-refractivity contribution in [2.75, 3.05) is 0 Å². The van der Waals surface area contributed by atoms with Gasteiger partial charge in [0.2, 0.25) is 0 Å². The van der Waals surface area contributed by atoms with Crippen molar-refractivity contribution in [1.29, 1.82) is 5.26 Å². The highest BCUT2D eigenvalue weighted by Crippen LogP contribution is 2.15. The first-order chi connectivity index (χ1) is 9.92. The van der Waals surface area contributed by atoms with E-state index in [9.17, 15) is 4.79 Å². The number of benzene rings is 1. The molecule has 1 atom stereocenters. The minimum absolute atomic E-state index is 0.122. The van der Waals surface area contributed by atoms with Crippen molar-refractivity contribution < 1.29 is 9.53 Å². The molecular formula is C15H16N4O2. The second kappa shape index (κ2) is 5.75. The number of nitrogens with zero attached hydrogens (tertiary/aromatic N) is 4. The molecule has 1 heterocycles. The molecule has 108 valence electrons. The van der Waals surface area contributed by atoms with Crippen LogP contribution in [0.25, 0.3) is 5.69 Å². The van der Waals surface area contributed by atoms with Crippen LogP contribution in [0.3, 0.4) is 0 Å². The number of ether oxygens (including phenoxy) is 1. The summed E-state index contributed by atoms with van der Waals surface area (Å²) in [6, 6.07) is 7.71. The Bertz CT molecular complexity index is 728. The smallest absolute Gasteiger partial charge is 0.362 e. The van der Waals surface area contributed by atoms with Crippen molar-refractivity contribution in [3.8, 4) is 11.8 Å². The van der Waals surface area contributed by atoms with E-state index in [4.69, 9.17) is 10.00 Å². The zero-order valence-corrected chi connectivity index (χ0v) is 12.4. The lowest BCUT2D eigenvalue weighted by atomic mass is 10.1. The molecule has 0 N–H and O–H groups in total. The van der Waals surface area contributed by atoms with Crippen LogP contribution in [0.4, 0.5) is 0 Å². The molecule has 0 unspecified atom stereocenters. The van der Waals surface area contributed by atoms with Crippen LogP contribution >= 0.6 is 0 Å². The van der Waals surface area contributed by atoms with Gasteiger partial charge < -0.3 is 4.74 Å². The van der Waals surface area contributed by atoms with E-state index in [1.165, 1.54) is 11.7 Å². The first-order valence-corrected chi connectivity index (χ1v) is 6.54. The fourth-order valence-electron chi connectivity index (χ4n) is 1.95. The molecule has 0 aliphatic heterocycles. The molecular weight excluding hydrogens is 268 g/mol. The number of rotatable bonds is 3. The van der Waals surface area contributed by atoms with Gasteiger partial charge >= 0.3 is 5.97 Å². The predicted octanol–water partition coefficient (Wildman–Crippen LogP) is 2.26. The highest BCUT2D eigenvalue weighted by atomic mass is 16.5. The van der Waals surface area contributed by atoms with Gasteiger partial charge in [0.25, 0.3) is 0 Å². The molecule has 2 rings (SSSR count). The van der Waals surface area contributed by atoms with E-state index < -0.39 is 12.1 Å². The van der Waals surface area contributed by atoms with Crippen molar-refractivity contribution >= 4 is 5.97 Å². The Balaban J connectivity index is 2.35. The number of carbonyl (C=O) groups is 1. The molecule has 0 saturated heterocycles. The predicted molar refractivity (Wildman–Crippen MR) is 76.1 cm³/mol. The summed E-state index contributed by atoms with van der Waals surface area (Å²) < 4.78 is 4.95. The number of aryl methyl sites for hydroxylation is 3. The van der Waals surface area contributed by atoms with Crippen LogP contribution in [0.15, 0.2) is 18.2 Å². The fraction of sp³-hybridized carbons (Fsp3) is 0.333. The molecule has 6 nitrogen and oxygen atoms in total. The quantitative estimate of drug-likeness (QED) is 0.807. The standard InChI is InChI=1S/C15H16N4O2/c1-9-5-6-13(10(2)7-9)19-17-12(4)14(18-19)15(20)21-11(3)8-16/h5-7,11H,1-4H3/t11-/m1/s1. The average Bonchev–Trinajstić information content (AvgIpc) is 2.80. The lowest BCUT2D eigenvalue weighted by molar-refractivity contribution is 0.0427. The van der Waals surface area contributed by atoms with Crippen LogP contribution in [-0.2, 0) is 4.74 Å². The molecule has 21 heavy (non-hydrogen) atoms. The van der Waals surface area contributed by atoms with E-state index in [0.717, 1.165) is 16.8 Å². The Kier molecular flexibility index (Phi) is 4.03. The van der Waals surface area contributed by atoms with Gasteiger partial charge in [-0.1, -0.05) is 17.7 Å². The highest BCUT2D eigenvalue weighted by Gasteiger charge is 2.20. The number of nitriles is 1. The number of hydrogen-bond acceptors (Lipinski definition) is 5. The van der Waals surface area contributed by atoms with Gasteiger partial charge in [-0.2, -0.15) is 15.2 Å². The molecule has 0 bridgehead atoms. The van der Waals surface area contributed by atoms with Crippen LogP contribution in [0.5, 0.6) is 0 Å². The minimum atomic E-state index is -0.817. The Morgan fingerprint density at radius 2 is 2.05 bits per heavy atom. The van der Waals surface area contributed by atoms with Gasteiger partial charge in [-0.15, -0.1) is 5.10 Å². The van der Waals surface area contributed by atoms with E-state index in [0.29, 0.717) is 5.69 Å². The summed E-state index contributed by atoms with van der Waals surface area (Å²) in [4.78, 5) is 13.3. The summed E-state index contributed by atoms with van der Waals surface area (Å²) in [6.07, 6.45) is -0.817. The van der Waals surface area contributed by atoms with Crippen LogP contribution < -0.4 is 0 Å². The molecule has 0 radical (unpaired) electrons. The number of hydrogen-bond donors (Lipinski definition) is 0. The summed E-state index contributed by atoms with van der Waals surface area (Å²) in [5, 5.41) is 17.1. The number of esters is 1. The van der Waals surface area contributed by atoms with Crippen molar-refractivity contribution in [2.45, 2.75) is 33.8 Å². The normalized spacial score (nSPS) is 11.8. The summed E-state index contributed by atoms with van der Waals surface area (Å²) >= 11 is 0. The molecule has 1 aromatic heterocycles. The second-order valence-electron chi connectivity index (χ2n) is 4.89. The Labute approximate surface area is 123 Å². The first-order valence-electron chi connectivity index (χ1n) is 6.54. The van der Waals surface area contributed by atoms with Crippen LogP contribution in [0.2, 0.25) is 0 Å². The fourth-order valence-corrected chi connectivity index (χ4v) is 1.95. The van der Waals surface area contributed by atoms with Crippen molar-refractivity contribution in [2.24, 2.45) is 0 Å². The van der Waals surface area contributed by atoms with E-state index in [-0.39, 0.29) is 5.69 Å². The maximum Gasteiger partial charge on any atom is 0.362 e. The topological polar surface area (TPSA) is 80.8 Å². The lowest BCUT2D eigenvalue weighted by Gasteiger charge is -2.05. The Morgan fingerprint density at radius 1 is 1.33 bits per heavy atom.